The van der Waals surface area contributed by atoms with Crippen molar-refractivity contribution >= 4 is 39.5 Å². The van der Waals surface area contributed by atoms with Crippen molar-refractivity contribution in [3.05, 3.63) is 0 Å². The van der Waals surface area contributed by atoms with Crippen LogP contribution in [-0.2, 0) is 65.4 Å². The summed E-state index contributed by atoms with van der Waals surface area (Å²) in [6, 6.07) is 0. The van der Waals surface area contributed by atoms with Gasteiger partial charge in [-0.05, 0) is 37.5 Å². The molecule has 0 aliphatic heterocycles. The van der Waals surface area contributed by atoms with Gasteiger partial charge in [0.05, 0.1) is 26.4 Å². The number of unbranched alkanes of at least 4 members (excludes halogenated alkanes) is 47. The third kappa shape index (κ3) is 71.1. The van der Waals surface area contributed by atoms with Crippen LogP contribution in [0.2, 0.25) is 0 Å². The molecule has 3 unspecified atom stereocenters. The van der Waals surface area contributed by atoms with Crippen LogP contribution >= 0.6 is 15.6 Å². The van der Waals surface area contributed by atoms with E-state index in [1.165, 1.54) is 231 Å². The maximum atomic E-state index is 13.1. The van der Waals surface area contributed by atoms with Gasteiger partial charge < -0.3 is 33.8 Å². The quantitative estimate of drug-likeness (QED) is 0.0222. The van der Waals surface area contributed by atoms with E-state index in [9.17, 15) is 43.2 Å². The molecule has 6 atom stereocenters. The zero-order chi connectivity index (χ0) is 72.1. The lowest BCUT2D eigenvalue weighted by Crippen LogP contribution is -2.30. The molecule has 0 fully saturated rings. The Labute approximate surface area is 600 Å². The van der Waals surface area contributed by atoms with Crippen LogP contribution in [0.15, 0.2) is 0 Å². The second kappa shape index (κ2) is 70.7. The molecule has 0 amide bonds. The summed E-state index contributed by atoms with van der Waals surface area (Å²) in [5.74, 6) is -0.549. The number of carbonyl (C=O) groups excluding carboxylic acids is 4. The number of phosphoric ester groups is 2. The summed E-state index contributed by atoms with van der Waals surface area (Å²) in [5.41, 5.74) is 0. The Morgan fingerprint density at radius 1 is 0.296 bits per heavy atom. The molecule has 0 rings (SSSR count). The highest BCUT2D eigenvalue weighted by Gasteiger charge is 2.30. The van der Waals surface area contributed by atoms with Gasteiger partial charge >= 0.3 is 39.5 Å². The molecule has 0 radical (unpaired) electrons. The normalized spacial score (nSPS) is 14.2. The summed E-state index contributed by atoms with van der Waals surface area (Å²) in [4.78, 5) is 73.0. The molecule has 0 aromatic heterocycles. The van der Waals surface area contributed by atoms with Crippen LogP contribution in [0, 0.1) is 11.8 Å². The third-order valence-corrected chi connectivity index (χ3v) is 20.7. The van der Waals surface area contributed by atoms with E-state index < -0.39 is 97.5 Å². The zero-order valence-electron chi connectivity index (χ0n) is 64.1. The molecule has 0 saturated carbocycles. The lowest BCUT2D eigenvalue weighted by molar-refractivity contribution is -0.161. The van der Waals surface area contributed by atoms with Crippen LogP contribution in [0.3, 0.4) is 0 Å². The Balaban J connectivity index is 5.25. The highest BCUT2D eigenvalue weighted by molar-refractivity contribution is 7.47. The Bertz CT molecular complexity index is 1890. The van der Waals surface area contributed by atoms with Crippen molar-refractivity contribution in [3.63, 3.8) is 0 Å². The fourth-order valence-corrected chi connectivity index (χ4v) is 13.7. The maximum absolute atomic E-state index is 13.1. The van der Waals surface area contributed by atoms with E-state index in [2.05, 4.69) is 41.5 Å². The Morgan fingerprint density at radius 2 is 0.520 bits per heavy atom. The van der Waals surface area contributed by atoms with E-state index in [-0.39, 0.29) is 25.7 Å². The topological polar surface area (TPSA) is 237 Å². The number of esters is 4. The first-order valence-electron chi connectivity index (χ1n) is 41.0. The lowest BCUT2D eigenvalue weighted by Gasteiger charge is -2.21. The molecule has 0 aliphatic carbocycles. The zero-order valence-corrected chi connectivity index (χ0v) is 65.9. The molecule has 582 valence electrons. The monoisotopic (exact) mass is 1440 g/mol. The fourth-order valence-electron chi connectivity index (χ4n) is 12.2. The number of carbonyl (C=O) groups is 4. The predicted octanol–water partition coefficient (Wildman–Crippen LogP) is 23.5. The van der Waals surface area contributed by atoms with Gasteiger partial charge in [-0.2, -0.15) is 0 Å². The van der Waals surface area contributed by atoms with E-state index >= 15 is 0 Å². The van der Waals surface area contributed by atoms with Crippen molar-refractivity contribution in [3.8, 4) is 0 Å². The predicted molar refractivity (Wildman–Crippen MR) is 400 cm³/mol. The van der Waals surface area contributed by atoms with Crippen molar-refractivity contribution in [2.75, 3.05) is 39.6 Å². The summed E-state index contributed by atoms with van der Waals surface area (Å²) >= 11 is 0. The van der Waals surface area contributed by atoms with Gasteiger partial charge in [0, 0.05) is 25.7 Å². The average molecular weight is 1440 g/mol. The van der Waals surface area contributed by atoms with Crippen LogP contribution < -0.4 is 0 Å². The largest absolute Gasteiger partial charge is 0.472 e. The minimum Gasteiger partial charge on any atom is -0.462 e. The molecule has 0 aliphatic rings. The van der Waals surface area contributed by atoms with Crippen molar-refractivity contribution in [2.24, 2.45) is 11.8 Å². The van der Waals surface area contributed by atoms with E-state index in [4.69, 9.17) is 37.0 Å². The van der Waals surface area contributed by atoms with E-state index in [1.807, 2.05) is 0 Å². The number of hydrogen-bond acceptors (Lipinski definition) is 15. The van der Waals surface area contributed by atoms with Gasteiger partial charge in [-0.3, -0.25) is 37.3 Å². The first-order valence-corrected chi connectivity index (χ1v) is 44.0. The lowest BCUT2D eigenvalue weighted by atomic mass is 9.99. The van der Waals surface area contributed by atoms with Gasteiger partial charge in [0.2, 0.25) is 0 Å². The number of rotatable bonds is 78. The van der Waals surface area contributed by atoms with Crippen LogP contribution in [-0.4, -0.2) is 96.7 Å². The number of aliphatic hydroxyl groups is 1. The molecule has 0 spiro atoms. The molecule has 19 heteroatoms. The number of aliphatic hydroxyl groups excluding tert-OH is 1. The van der Waals surface area contributed by atoms with Crippen LogP contribution in [0.4, 0.5) is 0 Å². The summed E-state index contributed by atoms with van der Waals surface area (Å²) in [6.07, 6.45) is 59.5. The summed E-state index contributed by atoms with van der Waals surface area (Å²) in [6.45, 7) is 9.64. The molecule has 0 bridgehead atoms. The van der Waals surface area contributed by atoms with Gasteiger partial charge in [0.1, 0.15) is 19.3 Å². The average Bonchev–Trinajstić information content (AvgIpc) is 1.14. The van der Waals surface area contributed by atoms with Crippen molar-refractivity contribution in [1.82, 2.24) is 0 Å². The van der Waals surface area contributed by atoms with Crippen LogP contribution in [0.5, 0.6) is 0 Å². The molecule has 0 saturated heterocycles. The second-order valence-electron chi connectivity index (χ2n) is 29.2. The van der Waals surface area contributed by atoms with Gasteiger partial charge in [0.25, 0.3) is 0 Å². The van der Waals surface area contributed by atoms with Gasteiger partial charge in [0.15, 0.2) is 12.2 Å². The third-order valence-electron chi connectivity index (χ3n) is 18.8. The molecule has 3 N–H and O–H groups in total. The smallest absolute Gasteiger partial charge is 0.462 e. The van der Waals surface area contributed by atoms with E-state index in [0.29, 0.717) is 25.7 Å². The van der Waals surface area contributed by atoms with Crippen LogP contribution in [0.25, 0.3) is 0 Å². The molecule has 0 aromatic rings. The number of hydrogen-bond donors (Lipinski definition) is 3. The Morgan fingerprint density at radius 3 is 0.776 bits per heavy atom. The molecular formula is C79H154O17P2. The van der Waals surface area contributed by atoms with Gasteiger partial charge in [-0.15, -0.1) is 0 Å². The molecule has 98 heavy (non-hydrogen) atoms. The molecular weight excluding hydrogens is 1280 g/mol. The number of ether oxygens (including phenoxy) is 4. The molecule has 17 nitrogen and oxygen atoms in total. The highest BCUT2D eigenvalue weighted by Crippen LogP contribution is 2.45. The Kier molecular flexibility index (Phi) is 69.3. The highest BCUT2D eigenvalue weighted by atomic mass is 31.2. The number of phosphoric acid groups is 2. The first-order chi connectivity index (χ1) is 47.4. The summed E-state index contributed by atoms with van der Waals surface area (Å²) < 4.78 is 68.7. The Hall–Kier alpha value is -1.94. The standard InChI is InChI=1S/C79H154O17P2/c1-7-10-12-14-16-18-20-22-23-24-25-26-27-28-30-39-45-51-57-63-78(83)95-74(68-90-77(82)62-56-50-44-38-34-32-36-42-48-54-60-72(6)9-3)69-93-97(85,86)91-65-73(80)66-92-98(87,88)94-70-75(67-89-76(81)61-55-49-43-37-29-21-19-17-15-13-11-8-2)96-79(84)64-58-52-46-40-33-31-35-41-47-53-59-71(4)5/h71-75,80H,7-70H2,1-6H3,(H,85,86)(H,87,88)/t72?,73-,74-,75-/m1/s1. The maximum Gasteiger partial charge on any atom is 0.472 e. The van der Waals surface area contributed by atoms with Gasteiger partial charge in [-0.1, -0.05) is 363 Å². The molecule has 0 aromatic carbocycles. The minimum atomic E-state index is -4.96. The van der Waals surface area contributed by atoms with E-state index in [0.717, 1.165) is 102 Å². The second-order valence-corrected chi connectivity index (χ2v) is 32.1. The van der Waals surface area contributed by atoms with Gasteiger partial charge in [-0.25, -0.2) is 9.13 Å². The first kappa shape index (κ1) is 96.1. The van der Waals surface area contributed by atoms with E-state index in [1.54, 1.807) is 0 Å². The molecule has 0 heterocycles. The van der Waals surface area contributed by atoms with Crippen molar-refractivity contribution < 1.29 is 80.2 Å². The minimum absolute atomic E-state index is 0.106. The summed E-state index contributed by atoms with van der Waals surface area (Å²) in [7, 11) is -9.92. The van der Waals surface area contributed by atoms with Crippen molar-refractivity contribution in [1.29, 1.82) is 0 Å². The van der Waals surface area contributed by atoms with Crippen LogP contribution in [0.1, 0.15) is 414 Å². The SMILES string of the molecule is CCCCCCCCCCCCCCCCCCCCCC(=O)O[C@H](COC(=O)CCCCCCCCCCCCC(C)CC)COP(=O)(O)OC[C@@H](O)COP(=O)(O)OC[C@@H](COC(=O)CCCCCCCCCCCCCC)OC(=O)CCCCCCCCCCCCC(C)C. The van der Waals surface area contributed by atoms with Crippen molar-refractivity contribution in [2.45, 2.75) is 432 Å². The fraction of sp³-hybridized carbons (Fsp3) is 0.949. The summed E-state index contributed by atoms with van der Waals surface area (Å²) in [5, 5.41) is 10.6.